The lowest BCUT2D eigenvalue weighted by molar-refractivity contribution is 0.146. The van der Waals surface area contributed by atoms with Gasteiger partial charge in [-0.25, -0.2) is 0 Å². The zero-order valence-electron chi connectivity index (χ0n) is 9.50. The van der Waals surface area contributed by atoms with Crippen molar-refractivity contribution in [2.24, 2.45) is 11.8 Å². The van der Waals surface area contributed by atoms with E-state index in [0.29, 0.717) is 0 Å². The van der Waals surface area contributed by atoms with Crippen molar-refractivity contribution in [2.75, 3.05) is 0 Å². The van der Waals surface area contributed by atoms with Crippen molar-refractivity contribution < 1.29 is 0 Å². The predicted octanol–water partition coefficient (Wildman–Crippen LogP) is 3.12. The minimum atomic E-state index is 0.764. The largest absolute Gasteiger partial charge is 0.311 e. The van der Waals surface area contributed by atoms with Gasteiger partial charge in [0, 0.05) is 12.1 Å². The Bertz CT molecular complexity index is 209. The standard InChI is InChI=1S/C13H23N/c1-3-6-11(4-2)14-13-9-10-7-5-8-12(10)13/h5,8,10-14H,3-4,6-7,9H2,1-2H3. The summed E-state index contributed by atoms with van der Waals surface area (Å²) in [6.07, 6.45) is 11.5. The molecule has 0 spiro atoms. The molecule has 2 aliphatic carbocycles. The molecule has 0 bridgehead atoms. The van der Waals surface area contributed by atoms with Crippen molar-refractivity contribution in [3.63, 3.8) is 0 Å². The molecule has 4 atom stereocenters. The van der Waals surface area contributed by atoms with E-state index in [1.54, 1.807) is 0 Å². The van der Waals surface area contributed by atoms with Crippen LogP contribution >= 0.6 is 0 Å². The van der Waals surface area contributed by atoms with E-state index in [4.69, 9.17) is 0 Å². The Hall–Kier alpha value is -0.300. The number of hydrogen-bond donors (Lipinski definition) is 1. The van der Waals surface area contributed by atoms with Gasteiger partial charge in [0.1, 0.15) is 0 Å². The SMILES string of the molecule is CCCC(CC)NC1CC2CC=CC21. The summed E-state index contributed by atoms with van der Waals surface area (Å²) in [5, 5.41) is 3.82. The van der Waals surface area contributed by atoms with E-state index in [2.05, 4.69) is 31.3 Å². The third-order valence-electron chi connectivity index (χ3n) is 3.94. The summed E-state index contributed by atoms with van der Waals surface area (Å²) in [5.74, 6) is 1.87. The van der Waals surface area contributed by atoms with Crippen molar-refractivity contribution in [1.82, 2.24) is 5.32 Å². The third-order valence-corrected chi connectivity index (χ3v) is 3.94. The summed E-state index contributed by atoms with van der Waals surface area (Å²) < 4.78 is 0. The first kappa shape index (κ1) is 10.2. The van der Waals surface area contributed by atoms with Crippen LogP contribution in [0.4, 0.5) is 0 Å². The van der Waals surface area contributed by atoms with E-state index in [0.717, 1.165) is 23.9 Å². The van der Waals surface area contributed by atoms with E-state index in [1.165, 1.54) is 32.1 Å². The number of nitrogens with one attached hydrogen (secondary N) is 1. The molecule has 2 rings (SSSR count). The highest BCUT2D eigenvalue weighted by Gasteiger charge is 2.41. The lowest BCUT2D eigenvalue weighted by atomic mass is 9.71. The second-order valence-corrected chi connectivity index (χ2v) is 4.90. The molecule has 4 unspecified atom stereocenters. The second-order valence-electron chi connectivity index (χ2n) is 4.90. The van der Waals surface area contributed by atoms with Crippen LogP contribution in [0.5, 0.6) is 0 Å². The molecule has 0 saturated heterocycles. The van der Waals surface area contributed by atoms with Crippen molar-refractivity contribution >= 4 is 0 Å². The minimum absolute atomic E-state index is 0.764. The van der Waals surface area contributed by atoms with Crippen LogP contribution in [-0.2, 0) is 0 Å². The maximum atomic E-state index is 3.82. The van der Waals surface area contributed by atoms with Crippen molar-refractivity contribution in [2.45, 2.75) is 58.0 Å². The molecule has 1 nitrogen and oxygen atoms in total. The van der Waals surface area contributed by atoms with E-state index in [1.807, 2.05) is 0 Å². The molecule has 0 heterocycles. The zero-order chi connectivity index (χ0) is 9.97. The van der Waals surface area contributed by atoms with Gasteiger partial charge in [-0.3, -0.25) is 0 Å². The van der Waals surface area contributed by atoms with Gasteiger partial charge in [0.2, 0.25) is 0 Å². The second kappa shape index (κ2) is 4.48. The molecule has 2 aliphatic rings. The van der Waals surface area contributed by atoms with Crippen molar-refractivity contribution in [3.8, 4) is 0 Å². The zero-order valence-corrected chi connectivity index (χ0v) is 9.50. The molecule has 1 fully saturated rings. The first-order chi connectivity index (χ1) is 6.85. The van der Waals surface area contributed by atoms with Gasteiger partial charge in [-0.2, -0.15) is 0 Å². The molecule has 80 valence electrons. The lowest BCUT2D eigenvalue weighted by Crippen LogP contribution is -2.51. The van der Waals surface area contributed by atoms with Gasteiger partial charge in [-0.1, -0.05) is 32.4 Å². The molecule has 1 heteroatoms. The van der Waals surface area contributed by atoms with E-state index >= 15 is 0 Å². The van der Waals surface area contributed by atoms with Crippen LogP contribution in [0.3, 0.4) is 0 Å². The highest BCUT2D eigenvalue weighted by Crippen LogP contribution is 2.42. The Morgan fingerprint density at radius 3 is 2.93 bits per heavy atom. The van der Waals surface area contributed by atoms with Crippen LogP contribution in [0.25, 0.3) is 0 Å². The monoisotopic (exact) mass is 193 g/mol. The van der Waals surface area contributed by atoms with Crippen molar-refractivity contribution in [1.29, 1.82) is 0 Å². The van der Waals surface area contributed by atoms with E-state index in [-0.39, 0.29) is 0 Å². The van der Waals surface area contributed by atoms with Crippen LogP contribution < -0.4 is 5.32 Å². The normalized spacial score (nSPS) is 36.6. The molecule has 0 amide bonds. The molecule has 1 saturated carbocycles. The summed E-state index contributed by atoms with van der Waals surface area (Å²) in [6, 6.07) is 1.56. The smallest absolute Gasteiger partial charge is 0.0138 e. The molecule has 0 aromatic heterocycles. The van der Waals surface area contributed by atoms with Crippen LogP contribution in [0.1, 0.15) is 46.0 Å². The summed E-state index contributed by atoms with van der Waals surface area (Å²) in [7, 11) is 0. The molecule has 0 aromatic carbocycles. The number of hydrogen-bond acceptors (Lipinski definition) is 1. The van der Waals surface area contributed by atoms with Crippen LogP contribution in [0.2, 0.25) is 0 Å². The summed E-state index contributed by atoms with van der Waals surface area (Å²) in [5.41, 5.74) is 0. The van der Waals surface area contributed by atoms with Gasteiger partial charge in [0.25, 0.3) is 0 Å². The maximum Gasteiger partial charge on any atom is 0.0138 e. The van der Waals surface area contributed by atoms with Gasteiger partial charge >= 0.3 is 0 Å². The van der Waals surface area contributed by atoms with Crippen LogP contribution in [0, 0.1) is 11.8 Å². The lowest BCUT2D eigenvalue weighted by Gasteiger charge is -2.42. The molecular weight excluding hydrogens is 170 g/mol. The molecular formula is C13H23N. The molecule has 0 aliphatic heterocycles. The first-order valence-corrected chi connectivity index (χ1v) is 6.27. The predicted molar refractivity (Wildman–Crippen MR) is 61.3 cm³/mol. The van der Waals surface area contributed by atoms with Crippen molar-refractivity contribution in [3.05, 3.63) is 12.2 Å². The summed E-state index contributed by atoms with van der Waals surface area (Å²) in [4.78, 5) is 0. The summed E-state index contributed by atoms with van der Waals surface area (Å²) in [6.45, 7) is 4.58. The Morgan fingerprint density at radius 1 is 1.43 bits per heavy atom. The van der Waals surface area contributed by atoms with Crippen LogP contribution in [-0.4, -0.2) is 12.1 Å². The highest BCUT2D eigenvalue weighted by atomic mass is 15.0. The maximum absolute atomic E-state index is 3.82. The minimum Gasteiger partial charge on any atom is -0.311 e. The topological polar surface area (TPSA) is 12.0 Å². The number of allylic oxidation sites excluding steroid dienone is 1. The third kappa shape index (κ3) is 1.88. The molecule has 14 heavy (non-hydrogen) atoms. The Kier molecular flexibility index (Phi) is 3.27. The quantitative estimate of drug-likeness (QED) is 0.661. The molecule has 0 radical (unpaired) electrons. The van der Waals surface area contributed by atoms with E-state index < -0.39 is 0 Å². The molecule has 0 aromatic rings. The number of fused-ring (bicyclic) bond motifs is 1. The fourth-order valence-corrected chi connectivity index (χ4v) is 2.96. The van der Waals surface area contributed by atoms with Gasteiger partial charge in [-0.15, -0.1) is 0 Å². The Labute approximate surface area is 88.0 Å². The number of rotatable bonds is 5. The van der Waals surface area contributed by atoms with Crippen LogP contribution in [0.15, 0.2) is 12.2 Å². The first-order valence-electron chi connectivity index (χ1n) is 6.27. The fraction of sp³-hybridized carbons (Fsp3) is 0.846. The average molecular weight is 193 g/mol. The van der Waals surface area contributed by atoms with Gasteiger partial charge < -0.3 is 5.32 Å². The Morgan fingerprint density at radius 2 is 2.29 bits per heavy atom. The van der Waals surface area contributed by atoms with Gasteiger partial charge in [0.05, 0.1) is 0 Å². The van der Waals surface area contributed by atoms with Gasteiger partial charge in [0.15, 0.2) is 0 Å². The highest BCUT2D eigenvalue weighted by molar-refractivity contribution is 5.13. The molecule has 1 N–H and O–H groups in total. The Balaban J connectivity index is 1.77. The van der Waals surface area contributed by atoms with E-state index in [9.17, 15) is 0 Å². The average Bonchev–Trinajstić information content (AvgIpc) is 2.54. The summed E-state index contributed by atoms with van der Waals surface area (Å²) >= 11 is 0. The van der Waals surface area contributed by atoms with Gasteiger partial charge in [-0.05, 0) is 37.5 Å². The fourth-order valence-electron chi connectivity index (χ4n) is 2.96.